The van der Waals surface area contributed by atoms with Gasteiger partial charge in [0, 0.05) is 26.2 Å². The molecule has 0 spiro atoms. The first kappa shape index (κ1) is 18.8. The lowest BCUT2D eigenvalue weighted by Gasteiger charge is -2.26. The molecule has 130 valence electrons. The Balaban J connectivity index is 2.31. The molecule has 0 bridgehead atoms. The Morgan fingerprint density at radius 2 is 2.09 bits per heavy atom. The fourth-order valence-corrected chi connectivity index (χ4v) is 1.80. The predicted octanol–water partition coefficient (Wildman–Crippen LogP) is 2.61. The van der Waals surface area contributed by atoms with Gasteiger partial charge >= 0.3 is 12.1 Å². The van der Waals surface area contributed by atoms with E-state index in [1.165, 1.54) is 4.90 Å². The van der Waals surface area contributed by atoms with Crippen LogP contribution in [0.15, 0.2) is 10.6 Å². The SMILES string of the molecule is Cc1cc(NC(=O)NC[C@H](C)CN(C)C(=O)OC(C)(C)C)no1. The van der Waals surface area contributed by atoms with E-state index in [0.29, 0.717) is 24.7 Å². The number of amides is 3. The Bertz CT molecular complexity index is 536. The van der Waals surface area contributed by atoms with Crippen LogP contribution in [0.2, 0.25) is 0 Å². The van der Waals surface area contributed by atoms with Crippen molar-refractivity contribution >= 4 is 17.9 Å². The highest BCUT2D eigenvalue weighted by Crippen LogP contribution is 2.10. The van der Waals surface area contributed by atoms with Crippen molar-refractivity contribution < 1.29 is 18.8 Å². The zero-order chi connectivity index (χ0) is 17.6. The molecule has 1 aromatic heterocycles. The minimum Gasteiger partial charge on any atom is -0.444 e. The standard InChI is InChI=1S/C15H26N4O4/c1-10(9-19(6)14(21)22-15(3,4)5)8-16-13(20)17-12-7-11(2)23-18-12/h7,10H,8-9H2,1-6H3,(H2,16,17,18,20)/t10-/m0/s1. The summed E-state index contributed by atoms with van der Waals surface area (Å²) in [6.45, 7) is 10.0. The first-order valence-electron chi connectivity index (χ1n) is 7.49. The summed E-state index contributed by atoms with van der Waals surface area (Å²) in [6.07, 6.45) is -0.383. The number of urea groups is 1. The van der Waals surface area contributed by atoms with E-state index in [9.17, 15) is 9.59 Å². The van der Waals surface area contributed by atoms with Crippen molar-refractivity contribution in [3.05, 3.63) is 11.8 Å². The van der Waals surface area contributed by atoms with Crippen molar-refractivity contribution in [3.63, 3.8) is 0 Å². The van der Waals surface area contributed by atoms with Gasteiger partial charge in [-0.1, -0.05) is 12.1 Å². The molecule has 0 aliphatic rings. The molecule has 0 fully saturated rings. The van der Waals surface area contributed by atoms with Gasteiger partial charge in [-0.05, 0) is 33.6 Å². The summed E-state index contributed by atoms with van der Waals surface area (Å²) in [5, 5.41) is 8.96. The van der Waals surface area contributed by atoms with E-state index in [2.05, 4.69) is 15.8 Å². The topological polar surface area (TPSA) is 96.7 Å². The van der Waals surface area contributed by atoms with Gasteiger partial charge in [-0.25, -0.2) is 9.59 Å². The summed E-state index contributed by atoms with van der Waals surface area (Å²) in [7, 11) is 1.67. The molecule has 1 atom stereocenters. The predicted molar refractivity (Wildman–Crippen MR) is 86.3 cm³/mol. The number of carbonyl (C=O) groups excluding carboxylic acids is 2. The molecule has 0 aliphatic heterocycles. The van der Waals surface area contributed by atoms with Crippen LogP contribution in [0.25, 0.3) is 0 Å². The third-order valence-corrected chi connectivity index (χ3v) is 2.77. The van der Waals surface area contributed by atoms with Gasteiger partial charge in [0.1, 0.15) is 11.4 Å². The van der Waals surface area contributed by atoms with Gasteiger partial charge in [0.05, 0.1) is 0 Å². The van der Waals surface area contributed by atoms with Gasteiger partial charge in [-0.15, -0.1) is 0 Å². The van der Waals surface area contributed by atoms with Crippen molar-refractivity contribution in [2.45, 2.75) is 40.2 Å². The number of nitrogens with one attached hydrogen (secondary N) is 2. The molecule has 23 heavy (non-hydrogen) atoms. The Labute approximate surface area is 136 Å². The lowest BCUT2D eigenvalue weighted by atomic mass is 10.1. The van der Waals surface area contributed by atoms with Crippen LogP contribution in [-0.4, -0.2) is 47.9 Å². The second-order valence-electron chi connectivity index (χ2n) is 6.62. The summed E-state index contributed by atoms with van der Waals surface area (Å²) >= 11 is 0. The first-order chi connectivity index (χ1) is 10.6. The number of ether oxygens (including phenoxy) is 1. The number of hydrogen-bond donors (Lipinski definition) is 2. The Hall–Kier alpha value is -2.25. The summed E-state index contributed by atoms with van der Waals surface area (Å²) in [6, 6.07) is 1.25. The second-order valence-corrected chi connectivity index (χ2v) is 6.62. The van der Waals surface area contributed by atoms with Crippen molar-refractivity contribution in [1.82, 2.24) is 15.4 Å². The van der Waals surface area contributed by atoms with Crippen LogP contribution < -0.4 is 10.6 Å². The van der Waals surface area contributed by atoms with Crippen molar-refractivity contribution in [3.8, 4) is 0 Å². The maximum Gasteiger partial charge on any atom is 0.410 e. The summed E-state index contributed by atoms with van der Waals surface area (Å²) in [5.74, 6) is 1.04. The monoisotopic (exact) mass is 326 g/mol. The van der Waals surface area contributed by atoms with Crippen LogP contribution in [0.5, 0.6) is 0 Å². The van der Waals surface area contributed by atoms with Crippen LogP contribution in [0.3, 0.4) is 0 Å². The zero-order valence-electron chi connectivity index (χ0n) is 14.6. The number of rotatable bonds is 5. The van der Waals surface area contributed by atoms with E-state index in [0.717, 1.165) is 0 Å². The molecule has 0 aliphatic carbocycles. The van der Waals surface area contributed by atoms with E-state index in [1.54, 1.807) is 20.0 Å². The lowest BCUT2D eigenvalue weighted by Crippen LogP contribution is -2.40. The maximum absolute atomic E-state index is 11.9. The highest BCUT2D eigenvalue weighted by molar-refractivity contribution is 5.88. The highest BCUT2D eigenvalue weighted by atomic mass is 16.6. The maximum atomic E-state index is 11.9. The molecule has 1 aromatic rings. The quantitative estimate of drug-likeness (QED) is 0.867. The van der Waals surface area contributed by atoms with Gasteiger partial charge in [0.2, 0.25) is 0 Å². The molecule has 3 amide bonds. The third kappa shape index (κ3) is 7.53. The number of hydrogen-bond acceptors (Lipinski definition) is 5. The van der Waals surface area contributed by atoms with Crippen molar-refractivity contribution in [2.24, 2.45) is 5.92 Å². The zero-order valence-corrected chi connectivity index (χ0v) is 14.6. The molecule has 1 rings (SSSR count). The van der Waals surface area contributed by atoms with Crippen LogP contribution >= 0.6 is 0 Å². The third-order valence-electron chi connectivity index (χ3n) is 2.77. The first-order valence-corrected chi connectivity index (χ1v) is 7.49. The largest absolute Gasteiger partial charge is 0.444 e. The van der Waals surface area contributed by atoms with Gasteiger partial charge in [-0.2, -0.15) is 0 Å². The van der Waals surface area contributed by atoms with Gasteiger partial charge in [-0.3, -0.25) is 5.32 Å². The van der Waals surface area contributed by atoms with Crippen molar-refractivity contribution in [2.75, 3.05) is 25.5 Å². The number of aromatic nitrogens is 1. The molecular weight excluding hydrogens is 300 g/mol. The Morgan fingerprint density at radius 1 is 1.43 bits per heavy atom. The minimum absolute atomic E-state index is 0.0670. The Kier molecular flexibility index (Phi) is 6.41. The molecule has 0 radical (unpaired) electrons. The van der Waals surface area contributed by atoms with E-state index in [4.69, 9.17) is 9.26 Å². The number of carbonyl (C=O) groups is 2. The molecule has 0 saturated carbocycles. The van der Waals surface area contributed by atoms with Crippen LogP contribution in [0.1, 0.15) is 33.5 Å². The minimum atomic E-state index is -0.525. The van der Waals surface area contributed by atoms with Gasteiger partial charge in [0.25, 0.3) is 0 Å². The van der Waals surface area contributed by atoms with Gasteiger partial charge in [0.15, 0.2) is 5.82 Å². The molecule has 8 heteroatoms. The molecular formula is C15H26N4O4. The molecule has 0 aromatic carbocycles. The number of aryl methyl sites for hydroxylation is 1. The second kappa shape index (κ2) is 7.85. The van der Waals surface area contributed by atoms with Crippen LogP contribution in [0.4, 0.5) is 15.4 Å². The molecule has 8 nitrogen and oxygen atoms in total. The lowest BCUT2D eigenvalue weighted by molar-refractivity contribution is 0.0278. The number of anilines is 1. The molecule has 0 unspecified atom stereocenters. The fourth-order valence-electron chi connectivity index (χ4n) is 1.80. The molecule has 2 N–H and O–H groups in total. The fraction of sp³-hybridized carbons (Fsp3) is 0.667. The van der Waals surface area contributed by atoms with E-state index < -0.39 is 5.60 Å². The smallest absolute Gasteiger partial charge is 0.410 e. The number of nitrogens with zero attached hydrogens (tertiary/aromatic N) is 2. The summed E-state index contributed by atoms with van der Waals surface area (Å²) in [5.41, 5.74) is -0.525. The Morgan fingerprint density at radius 3 is 2.61 bits per heavy atom. The highest BCUT2D eigenvalue weighted by Gasteiger charge is 2.20. The van der Waals surface area contributed by atoms with Crippen molar-refractivity contribution in [1.29, 1.82) is 0 Å². The normalized spacial score (nSPS) is 12.4. The van der Waals surface area contributed by atoms with Crippen LogP contribution in [-0.2, 0) is 4.74 Å². The van der Waals surface area contributed by atoms with E-state index in [-0.39, 0.29) is 18.0 Å². The molecule has 0 saturated heterocycles. The van der Waals surface area contributed by atoms with Gasteiger partial charge < -0.3 is 19.5 Å². The molecule has 1 heterocycles. The average molecular weight is 326 g/mol. The van der Waals surface area contributed by atoms with E-state index >= 15 is 0 Å². The summed E-state index contributed by atoms with van der Waals surface area (Å²) in [4.78, 5) is 25.1. The van der Waals surface area contributed by atoms with E-state index in [1.807, 2.05) is 27.7 Å². The van der Waals surface area contributed by atoms with Crippen LogP contribution in [0, 0.1) is 12.8 Å². The average Bonchev–Trinajstić information content (AvgIpc) is 2.79. The summed E-state index contributed by atoms with van der Waals surface area (Å²) < 4.78 is 10.1.